The maximum atomic E-state index is 2.30. The highest BCUT2D eigenvalue weighted by atomic mass is 14.1. The van der Waals surface area contributed by atoms with Crippen LogP contribution in [0.3, 0.4) is 0 Å². The average molecular weight is 188 g/mol. The molecule has 0 spiro atoms. The van der Waals surface area contributed by atoms with Crippen LogP contribution in [0.25, 0.3) is 0 Å². The second-order valence-electron chi connectivity index (χ2n) is 3.57. The minimum atomic E-state index is 0.565. The molecule has 1 unspecified atom stereocenters. The standard InChI is InChI=1S/C14H20/c1-3-5-6-7-8-10-14-12-9-11-13(14)4-2/h4-6,8-10,12,14H,3,7,11H2,1-2H3/b6-5-,10-8-,13-4+. The third kappa shape index (κ3) is 3.37. The maximum absolute atomic E-state index is 2.30. The highest BCUT2D eigenvalue weighted by Crippen LogP contribution is 2.25. The molecule has 0 saturated heterocycles. The van der Waals surface area contributed by atoms with Crippen molar-refractivity contribution in [3.8, 4) is 0 Å². The zero-order chi connectivity index (χ0) is 10.2. The van der Waals surface area contributed by atoms with Crippen molar-refractivity contribution < 1.29 is 0 Å². The minimum Gasteiger partial charge on any atom is -0.0885 e. The van der Waals surface area contributed by atoms with Crippen molar-refractivity contribution >= 4 is 0 Å². The van der Waals surface area contributed by atoms with Crippen molar-refractivity contribution in [2.45, 2.75) is 33.1 Å². The Hall–Kier alpha value is -1.04. The van der Waals surface area contributed by atoms with Crippen molar-refractivity contribution in [3.63, 3.8) is 0 Å². The Morgan fingerprint density at radius 2 is 2.21 bits per heavy atom. The van der Waals surface area contributed by atoms with E-state index >= 15 is 0 Å². The minimum absolute atomic E-state index is 0.565. The lowest BCUT2D eigenvalue weighted by Gasteiger charge is -2.03. The lowest BCUT2D eigenvalue weighted by Crippen LogP contribution is -1.89. The summed E-state index contributed by atoms with van der Waals surface area (Å²) >= 11 is 0. The van der Waals surface area contributed by atoms with Gasteiger partial charge in [-0.1, -0.05) is 55.0 Å². The molecule has 0 aromatic rings. The van der Waals surface area contributed by atoms with Gasteiger partial charge in [0.05, 0.1) is 0 Å². The molecule has 1 aliphatic rings. The van der Waals surface area contributed by atoms with Crippen molar-refractivity contribution in [2.24, 2.45) is 5.92 Å². The Morgan fingerprint density at radius 3 is 2.93 bits per heavy atom. The van der Waals surface area contributed by atoms with Crippen LogP contribution in [-0.2, 0) is 0 Å². The molecule has 0 nitrogen and oxygen atoms in total. The van der Waals surface area contributed by atoms with Gasteiger partial charge in [-0.25, -0.2) is 0 Å². The number of allylic oxidation sites excluding steroid dienone is 8. The highest BCUT2D eigenvalue weighted by Gasteiger charge is 2.09. The zero-order valence-electron chi connectivity index (χ0n) is 9.24. The Bertz CT molecular complexity index is 264. The topological polar surface area (TPSA) is 0 Å². The third-order valence-corrected chi connectivity index (χ3v) is 2.51. The Morgan fingerprint density at radius 1 is 1.36 bits per heavy atom. The van der Waals surface area contributed by atoms with Crippen LogP contribution in [0.1, 0.15) is 33.1 Å². The van der Waals surface area contributed by atoms with Crippen LogP contribution in [0.15, 0.2) is 48.1 Å². The van der Waals surface area contributed by atoms with E-state index in [1.165, 1.54) is 5.57 Å². The fraction of sp³-hybridized carbons (Fsp3) is 0.429. The van der Waals surface area contributed by atoms with E-state index in [9.17, 15) is 0 Å². The number of rotatable bonds is 4. The molecule has 0 heterocycles. The first-order valence-electron chi connectivity index (χ1n) is 5.52. The maximum Gasteiger partial charge on any atom is 0.0160 e. The predicted molar refractivity (Wildman–Crippen MR) is 64.2 cm³/mol. The average Bonchev–Trinajstić information content (AvgIpc) is 2.65. The van der Waals surface area contributed by atoms with Gasteiger partial charge in [0.15, 0.2) is 0 Å². The zero-order valence-corrected chi connectivity index (χ0v) is 9.24. The second-order valence-corrected chi connectivity index (χ2v) is 3.57. The van der Waals surface area contributed by atoms with Crippen LogP contribution in [0, 0.1) is 5.92 Å². The van der Waals surface area contributed by atoms with Crippen LogP contribution < -0.4 is 0 Å². The van der Waals surface area contributed by atoms with Crippen LogP contribution in [0.5, 0.6) is 0 Å². The van der Waals surface area contributed by atoms with E-state index < -0.39 is 0 Å². The first-order valence-corrected chi connectivity index (χ1v) is 5.52. The molecule has 0 saturated carbocycles. The Labute approximate surface area is 87.7 Å². The van der Waals surface area contributed by atoms with Gasteiger partial charge in [0, 0.05) is 5.92 Å². The molecule has 0 N–H and O–H groups in total. The number of hydrogen-bond donors (Lipinski definition) is 0. The van der Waals surface area contributed by atoms with Crippen LogP contribution in [-0.4, -0.2) is 0 Å². The molecule has 76 valence electrons. The van der Waals surface area contributed by atoms with Crippen molar-refractivity contribution in [2.75, 3.05) is 0 Å². The first kappa shape index (κ1) is 11.0. The van der Waals surface area contributed by atoms with Gasteiger partial charge in [-0.2, -0.15) is 0 Å². The lowest BCUT2D eigenvalue weighted by atomic mass is 10.0. The molecular weight excluding hydrogens is 168 g/mol. The molecule has 1 atom stereocenters. The van der Waals surface area contributed by atoms with Crippen LogP contribution >= 0.6 is 0 Å². The van der Waals surface area contributed by atoms with E-state index in [1.54, 1.807) is 0 Å². The summed E-state index contributed by atoms with van der Waals surface area (Å²) in [5.41, 5.74) is 1.53. The van der Waals surface area contributed by atoms with Gasteiger partial charge in [-0.05, 0) is 26.2 Å². The summed E-state index contributed by atoms with van der Waals surface area (Å²) in [6, 6.07) is 0. The quantitative estimate of drug-likeness (QED) is 0.573. The van der Waals surface area contributed by atoms with E-state index in [0.29, 0.717) is 5.92 Å². The summed E-state index contributed by atoms with van der Waals surface area (Å²) in [4.78, 5) is 0. The SMILES string of the molecule is C/C=C1\CC=CC1/C=C\C/C=C\CC. The van der Waals surface area contributed by atoms with Crippen molar-refractivity contribution in [3.05, 3.63) is 48.1 Å². The molecule has 0 aromatic carbocycles. The van der Waals surface area contributed by atoms with E-state index in [-0.39, 0.29) is 0 Å². The summed E-state index contributed by atoms with van der Waals surface area (Å²) < 4.78 is 0. The predicted octanol–water partition coefficient (Wildman–Crippen LogP) is 4.42. The second kappa shape index (κ2) is 6.42. The summed E-state index contributed by atoms with van der Waals surface area (Å²) in [7, 11) is 0. The lowest BCUT2D eigenvalue weighted by molar-refractivity contribution is 0.969. The molecule has 1 rings (SSSR count). The molecule has 14 heavy (non-hydrogen) atoms. The van der Waals surface area contributed by atoms with E-state index in [1.807, 2.05) is 0 Å². The summed E-state index contributed by atoms with van der Waals surface area (Å²) in [6.07, 6.45) is 19.1. The van der Waals surface area contributed by atoms with Gasteiger partial charge in [0.1, 0.15) is 0 Å². The molecule has 0 radical (unpaired) electrons. The molecule has 1 aliphatic carbocycles. The number of hydrogen-bond acceptors (Lipinski definition) is 0. The van der Waals surface area contributed by atoms with E-state index in [2.05, 4.69) is 56.4 Å². The van der Waals surface area contributed by atoms with E-state index in [4.69, 9.17) is 0 Å². The third-order valence-electron chi connectivity index (χ3n) is 2.51. The van der Waals surface area contributed by atoms with Gasteiger partial charge in [0.2, 0.25) is 0 Å². The smallest absolute Gasteiger partial charge is 0.0160 e. The molecule has 0 bridgehead atoms. The van der Waals surface area contributed by atoms with Crippen molar-refractivity contribution in [1.82, 2.24) is 0 Å². The van der Waals surface area contributed by atoms with Gasteiger partial charge in [0.25, 0.3) is 0 Å². The molecular formula is C14H20. The fourth-order valence-electron chi connectivity index (χ4n) is 1.68. The Balaban J connectivity index is 2.36. The monoisotopic (exact) mass is 188 g/mol. The molecule has 0 heteroatoms. The highest BCUT2D eigenvalue weighted by molar-refractivity contribution is 5.28. The summed E-state index contributed by atoms with van der Waals surface area (Å²) in [5, 5.41) is 0. The molecule has 0 fully saturated rings. The fourth-order valence-corrected chi connectivity index (χ4v) is 1.68. The van der Waals surface area contributed by atoms with Crippen LogP contribution in [0.4, 0.5) is 0 Å². The Kier molecular flexibility index (Phi) is 5.06. The largest absolute Gasteiger partial charge is 0.0885 e. The molecule has 0 aliphatic heterocycles. The van der Waals surface area contributed by atoms with Gasteiger partial charge >= 0.3 is 0 Å². The summed E-state index contributed by atoms with van der Waals surface area (Å²) in [5.74, 6) is 0.565. The van der Waals surface area contributed by atoms with E-state index in [0.717, 1.165) is 19.3 Å². The molecule has 0 amide bonds. The van der Waals surface area contributed by atoms with Crippen molar-refractivity contribution in [1.29, 1.82) is 0 Å². The van der Waals surface area contributed by atoms with Crippen LogP contribution in [0.2, 0.25) is 0 Å². The molecule has 0 aromatic heterocycles. The summed E-state index contributed by atoms with van der Waals surface area (Å²) in [6.45, 7) is 4.29. The van der Waals surface area contributed by atoms with Gasteiger partial charge < -0.3 is 0 Å². The normalized spacial score (nSPS) is 24.7. The first-order chi connectivity index (χ1) is 6.88. The van der Waals surface area contributed by atoms with Gasteiger partial charge in [-0.3, -0.25) is 0 Å². The van der Waals surface area contributed by atoms with Gasteiger partial charge in [-0.15, -0.1) is 0 Å².